The smallest absolute Gasteiger partial charge is 0.231 e. The summed E-state index contributed by atoms with van der Waals surface area (Å²) < 4.78 is 0. The third-order valence-corrected chi connectivity index (χ3v) is 3.01. The Morgan fingerprint density at radius 1 is 0.800 bits per heavy atom. The van der Waals surface area contributed by atoms with Crippen LogP contribution in [0.3, 0.4) is 0 Å². The van der Waals surface area contributed by atoms with Gasteiger partial charge in [-0.15, -0.1) is 0 Å². The molecular weight excluding hydrogens is 190 g/mol. The molecule has 1 rings (SSSR count). The van der Waals surface area contributed by atoms with Crippen LogP contribution in [0.1, 0.15) is 41.5 Å². The maximum Gasteiger partial charge on any atom is 0.231 e. The highest BCUT2D eigenvalue weighted by molar-refractivity contribution is 6.05. The molecule has 1 fully saturated rings. The fraction of sp³-hybridized carbons (Fsp3) is 0.833. The molecule has 0 aliphatic carbocycles. The third kappa shape index (κ3) is 2.21. The number of imide groups is 1. The van der Waals surface area contributed by atoms with Gasteiger partial charge in [0.2, 0.25) is 11.8 Å². The van der Waals surface area contributed by atoms with Crippen LogP contribution in [0.4, 0.5) is 0 Å². The van der Waals surface area contributed by atoms with Crippen LogP contribution >= 0.6 is 0 Å². The molecule has 86 valence electrons. The number of rotatable bonds is 0. The molecule has 15 heavy (non-hydrogen) atoms. The Morgan fingerprint density at radius 2 is 1.07 bits per heavy atom. The first kappa shape index (κ1) is 12.2. The van der Waals surface area contributed by atoms with E-state index >= 15 is 0 Å². The number of nitrogens with one attached hydrogen (secondary N) is 1. The summed E-state index contributed by atoms with van der Waals surface area (Å²) in [6.45, 7) is 12.1. The number of amides is 2. The second-order valence-corrected chi connectivity index (χ2v) is 6.54. The fourth-order valence-corrected chi connectivity index (χ4v) is 2.37. The molecule has 0 spiro atoms. The van der Waals surface area contributed by atoms with Crippen molar-refractivity contribution in [3.63, 3.8) is 0 Å². The number of hydrogen-bond acceptors (Lipinski definition) is 2. The number of carbonyl (C=O) groups excluding carboxylic acids is 2. The highest BCUT2D eigenvalue weighted by Gasteiger charge is 2.52. The predicted molar refractivity (Wildman–Crippen MR) is 59.0 cm³/mol. The summed E-state index contributed by atoms with van der Waals surface area (Å²) in [6, 6.07) is 0. The molecule has 2 unspecified atom stereocenters. The van der Waals surface area contributed by atoms with Crippen LogP contribution in [-0.4, -0.2) is 11.8 Å². The normalized spacial score (nSPS) is 28.1. The van der Waals surface area contributed by atoms with E-state index in [0.717, 1.165) is 0 Å². The minimum atomic E-state index is -0.218. The van der Waals surface area contributed by atoms with Crippen molar-refractivity contribution in [3.05, 3.63) is 0 Å². The van der Waals surface area contributed by atoms with E-state index in [9.17, 15) is 9.59 Å². The van der Waals surface area contributed by atoms with Crippen molar-refractivity contribution in [2.75, 3.05) is 0 Å². The minimum absolute atomic E-state index is 0.118. The third-order valence-electron chi connectivity index (χ3n) is 3.01. The summed E-state index contributed by atoms with van der Waals surface area (Å²) in [5.41, 5.74) is -0.345. The minimum Gasteiger partial charge on any atom is -0.296 e. The Labute approximate surface area is 91.6 Å². The van der Waals surface area contributed by atoms with Gasteiger partial charge in [-0.2, -0.15) is 0 Å². The highest BCUT2D eigenvalue weighted by Crippen LogP contribution is 2.44. The Morgan fingerprint density at radius 3 is 1.27 bits per heavy atom. The zero-order valence-corrected chi connectivity index (χ0v) is 10.5. The molecule has 1 heterocycles. The fourth-order valence-electron chi connectivity index (χ4n) is 2.37. The lowest BCUT2D eigenvalue weighted by Crippen LogP contribution is -2.38. The summed E-state index contributed by atoms with van der Waals surface area (Å²) in [6.07, 6.45) is 0. The molecule has 0 radical (unpaired) electrons. The Kier molecular flexibility index (Phi) is 2.71. The van der Waals surface area contributed by atoms with E-state index < -0.39 is 0 Å². The zero-order valence-electron chi connectivity index (χ0n) is 10.5. The monoisotopic (exact) mass is 211 g/mol. The molecule has 0 bridgehead atoms. The van der Waals surface area contributed by atoms with Crippen molar-refractivity contribution in [3.8, 4) is 0 Å². The predicted octanol–water partition coefficient (Wildman–Crippen LogP) is 1.97. The topological polar surface area (TPSA) is 46.2 Å². The summed E-state index contributed by atoms with van der Waals surface area (Å²) in [5, 5.41) is 2.45. The molecule has 3 heteroatoms. The maximum atomic E-state index is 11.8. The molecule has 0 aromatic rings. The highest BCUT2D eigenvalue weighted by atomic mass is 16.2. The Hall–Kier alpha value is -0.860. The van der Waals surface area contributed by atoms with Gasteiger partial charge in [0.05, 0.1) is 11.8 Å². The van der Waals surface area contributed by atoms with Crippen molar-refractivity contribution in [2.24, 2.45) is 22.7 Å². The van der Waals surface area contributed by atoms with Crippen LogP contribution in [-0.2, 0) is 9.59 Å². The maximum absolute atomic E-state index is 11.8. The first-order valence-corrected chi connectivity index (χ1v) is 5.40. The summed E-state index contributed by atoms with van der Waals surface area (Å²) >= 11 is 0. The van der Waals surface area contributed by atoms with Crippen LogP contribution in [0.2, 0.25) is 0 Å². The SMILES string of the molecule is CC(C)(C)C1C(=O)NC(=O)C1C(C)(C)C. The lowest BCUT2D eigenvalue weighted by atomic mass is 9.65. The first-order valence-electron chi connectivity index (χ1n) is 5.40. The van der Waals surface area contributed by atoms with E-state index in [2.05, 4.69) is 5.32 Å². The van der Waals surface area contributed by atoms with Crippen molar-refractivity contribution in [2.45, 2.75) is 41.5 Å². The largest absolute Gasteiger partial charge is 0.296 e. The van der Waals surface area contributed by atoms with Gasteiger partial charge in [-0.05, 0) is 10.8 Å². The standard InChI is InChI=1S/C12H21NO2/c1-11(2,3)7-8(12(4,5)6)10(15)13-9(7)14/h7-8H,1-6H3,(H,13,14,15). The van der Waals surface area contributed by atoms with E-state index in [1.807, 2.05) is 41.5 Å². The van der Waals surface area contributed by atoms with E-state index in [1.54, 1.807) is 0 Å². The van der Waals surface area contributed by atoms with Crippen molar-refractivity contribution in [1.82, 2.24) is 5.32 Å². The quantitative estimate of drug-likeness (QED) is 0.623. The van der Waals surface area contributed by atoms with Gasteiger partial charge >= 0.3 is 0 Å². The van der Waals surface area contributed by atoms with Gasteiger partial charge in [0.1, 0.15) is 0 Å². The van der Waals surface area contributed by atoms with Crippen LogP contribution < -0.4 is 5.32 Å². The van der Waals surface area contributed by atoms with E-state index in [4.69, 9.17) is 0 Å². The van der Waals surface area contributed by atoms with Crippen molar-refractivity contribution < 1.29 is 9.59 Å². The van der Waals surface area contributed by atoms with Crippen LogP contribution in [0.5, 0.6) is 0 Å². The average molecular weight is 211 g/mol. The van der Waals surface area contributed by atoms with E-state index in [-0.39, 0.29) is 34.5 Å². The Balaban J connectivity index is 3.12. The van der Waals surface area contributed by atoms with Gasteiger partial charge in [-0.1, -0.05) is 41.5 Å². The second kappa shape index (κ2) is 3.32. The van der Waals surface area contributed by atoms with Crippen molar-refractivity contribution >= 4 is 11.8 Å². The van der Waals surface area contributed by atoms with Gasteiger partial charge in [0.25, 0.3) is 0 Å². The van der Waals surface area contributed by atoms with Gasteiger partial charge < -0.3 is 0 Å². The van der Waals surface area contributed by atoms with Crippen LogP contribution in [0.25, 0.3) is 0 Å². The molecule has 1 aliphatic rings. The van der Waals surface area contributed by atoms with E-state index in [0.29, 0.717) is 0 Å². The molecular formula is C12H21NO2. The van der Waals surface area contributed by atoms with Crippen molar-refractivity contribution in [1.29, 1.82) is 0 Å². The molecule has 1 N–H and O–H groups in total. The van der Waals surface area contributed by atoms with Gasteiger partial charge in [0.15, 0.2) is 0 Å². The van der Waals surface area contributed by atoms with E-state index in [1.165, 1.54) is 0 Å². The molecule has 0 aromatic heterocycles. The van der Waals surface area contributed by atoms with Crippen LogP contribution in [0.15, 0.2) is 0 Å². The molecule has 2 amide bonds. The summed E-state index contributed by atoms with van der Waals surface area (Å²) in [7, 11) is 0. The molecule has 3 nitrogen and oxygen atoms in total. The molecule has 2 atom stereocenters. The summed E-state index contributed by atoms with van der Waals surface area (Å²) in [4.78, 5) is 23.5. The van der Waals surface area contributed by atoms with Gasteiger partial charge in [-0.3, -0.25) is 14.9 Å². The second-order valence-electron chi connectivity index (χ2n) is 6.54. The molecule has 1 saturated heterocycles. The Bertz CT molecular complexity index is 264. The lowest BCUT2D eigenvalue weighted by Gasteiger charge is -2.35. The molecule has 1 aliphatic heterocycles. The number of carbonyl (C=O) groups is 2. The lowest BCUT2D eigenvalue weighted by molar-refractivity contribution is -0.127. The zero-order chi connectivity index (χ0) is 12.0. The van der Waals surface area contributed by atoms with Gasteiger partial charge in [-0.25, -0.2) is 0 Å². The van der Waals surface area contributed by atoms with Gasteiger partial charge in [0, 0.05) is 0 Å². The average Bonchev–Trinajstić information content (AvgIpc) is 2.22. The van der Waals surface area contributed by atoms with Crippen LogP contribution in [0, 0.1) is 22.7 Å². The molecule has 0 aromatic carbocycles. The molecule has 0 saturated carbocycles. The first-order chi connectivity index (χ1) is 6.55. The number of hydrogen-bond donors (Lipinski definition) is 1. The summed E-state index contributed by atoms with van der Waals surface area (Å²) in [5.74, 6) is -0.671.